The highest BCUT2D eigenvalue weighted by molar-refractivity contribution is 8.14. The van der Waals surface area contributed by atoms with Crippen LogP contribution in [0.2, 0.25) is 0 Å². The fraction of sp³-hybridized carbons (Fsp3) is 0.611. The van der Waals surface area contributed by atoms with E-state index in [0.717, 1.165) is 18.9 Å². The van der Waals surface area contributed by atoms with Gasteiger partial charge in [0.2, 0.25) is 0 Å². The van der Waals surface area contributed by atoms with Gasteiger partial charge in [-0.15, -0.1) is 0 Å². The molecule has 3 heteroatoms. The van der Waals surface area contributed by atoms with E-state index in [9.17, 15) is 0 Å². The smallest absolute Gasteiger partial charge is 0.157 e. The zero-order valence-electron chi connectivity index (χ0n) is 13.2. The van der Waals surface area contributed by atoms with E-state index in [-0.39, 0.29) is 0 Å². The fourth-order valence-electron chi connectivity index (χ4n) is 3.66. The summed E-state index contributed by atoms with van der Waals surface area (Å²) >= 11 is 1.93. The molecule has 2 unspecified atom stereocenters. The van der Waals surface area contributed by atoms with E-state index in [1.54, 1.807) is 0 Å². The molecule has 1 saturated heterocycles. The predicted molar refractivity (Wildman–Crippen MR) is 93.1 cm³/mol. The molecule has 1 aromatic rings. The van der Waals surface area contributed by atoms with E-state index >= 15 is 0 Å². The molecule has 0 amide bonds. The minimum Gasteiger partial charge on any atom is -0.359 e. The van der Waals surface area contributed by atoms with Gasteiger partial charge < -0.3 is 5.32 Å². The van der Waals surface area contributed by atoms with Crippen molar-refractivity contribution >= 4 is 16.9 Å². The Kier molecular flexibility index (Phi) is 4.58. The lowest BCUT2D eigenvalue weighted by molar-refractivity contribution is 0.242. The van der Waals surface area contributed by atoms with Gasteiger partial charge in [-0.25, -0.2) is 0 Å². The maximum absolute atomic E-state index is 4.80. The molecule has 0 bridgehead atoms. The Morgan fingerprint density at radius 2 is 2.24 bits per heavy atom. The molecule has 2 atom stereocenters. The van der Waals surface area contributed by atoms with Gasteiger partial charge in [-0.2, -0.15) is 0 Å². The van der Waals surface area contributed by atoms with Gasteiger partial charge in [-0.3, -0.25) is 4.99 Å². The maximum Gasteiger partial charge on any atom is 0.157 e. The van der Waals surface area contributed by atoms with Crippen LogP contribution in [0.3, 0.4) is 0 Å². The van der Waals surface area contributed by atoms with Crippen molar-refractivity contribution in [1.29, 1.82) is 0 Å². The molecule has 114 valence electrons. The highest BCUT2D eigenvalue weighted by Gasteiger charge is 2.40. The van der Waals surface area contributed by atoms with Crippen LogP contribution < -0.4 is 5.32 Å². The molecule has 1 N–H and O–H groups in total. The Morgan fingerprint density at radius 1 is 1.38 bits per heavy atom. The number of aliphatic imine (C=N–C) groups is 1. The third kappa shape index (κ3) is 3.63. The summed E-state index contributed by atoms with van der Waals surface area (Å²) in [6.07, 6.45) is 6.44. The van der Waals surface area contributed by atoms with E-state index in [0.29, 0.717) is 5.54 Å². The zero-order valence-corrected chi connectivity index (χ0v) is 14.0. The van der Waals surface area contributed by atoms with Gasteiger partial charge in [-0.1, -0.05) is 55.8 Å². The Bertz CT molecular complexity index is 526. The van der Waals surface area contributed by atoms with Crippen LogP contribution in [0.4, 0.5) is 0 Å². The first-order valence-corrected chi connectivity index (χ1v) is 9.15. The van der Waals surface area contributed by atoms with E-state index in [4.69, 9.17) is 4.99 Å². The minimum absolute atomic E-state index is 0.351. The summed E-state index contributed by atoms with van der Waals surface area (Å²) in [7, 11) is 0. The summed E-state index contributed by atoms with van der Waals surface area (Å²) in [6, 6.07) is 8.63. The molecule has 0 radical (unpaired) electrons. The van der Waals surface area contributed by atoms with Gasteiger partial charge >= 0.3 is 0 Å². The quantitative estimate of drug-likeness (QED) is 0.906. The predicted octanol–water partition coefficient (Wildman–Crippen LogP) is 4.18. The third-order valence-electron chi connectivity index (χ3n) is 4.85. The average Bonchev–Trinajstić information content (AvgIpc) is 2.83. The highest BCUT2D eigenvalue weighted by atomic mass is 32.2. The molecule has 0 aromatic heterocycles. The van der Waals surface area contributed by atoms with Crippen molar-refractivity contribution in [2.24, 2.45) is 10.9 Å². The van der Waals surface area contributed by atoms with E-state index in [1.807, 2.05) is 11.8 Å². The summed E-state index contributed by atoms with van der Waals surface area (Å²) in [6.45, 7) is 5.47. The van der Waals surface area contributed by atoms with Gasteiger partial charge in [0.05, 0.1) is 0 Å². The Labute approximate surface area is 132 Å². The molecule has 1 aliphatic carbocycles. The van der Waals surface area contributed by atoms with E-state index in [1.165, 1.54) is 47.7 Å². The van der Waals surface area contributed by atoms with Gasteiger partial charge in [0.1, 0.15) is 0 Å². The maximum atomic E-state index is 4.80. The van der Waals surface area contributed by atoms with Crippen molar-refractivity contribution in [3.8, 4) is 0 Å². The Balaban J connectivity index is 1.55. The molecule has 2 aliphatic rings. The van der Waals surface area contributed by atoms with Gasteiger partial charge in [-0.05, 0) is 43.2 Å². The first-order valence-electron chi connectivity index (χ1n) is 8.17. The normalized spacial score (nSPS) is 30.8. The molecule has 2 fully saturated rings. The van der Waals surface area contributed by atoms with Crippen molar-refractivity contribution in [3.63, 3.8) is 0 Å². The highest BCUT2D eigenvalue weighted by Crippen LogP contribution is 2.38. The number of benzene rings is 1. The molecule has 2 nitrogen and oxygen atoms in total. The second kappa shape index (κ2) is 6.43. The number of rotatable bonds is 3. The number of thioether (sulfide) groups is 1. The van der Waals surface area contributed by atoms with Crippen LogP contribution in [-0.4, -0.2) is 23.0 Å². The SMILES string of the molecule is Cc1ccccc1CCN=C1NC2(CCCC(C)C2)CS1. The fourth-order valence-corrected chi connectivity index (χ4v) is 4.88. The number of nitrogens with zero attached hydrogens (tertiary/aromatic N) is 1. The number of hydrogen-bond donors (Lipinski definition) is 1. The lowest BCUT2D eigenvalue weighted by atomic mass is 9.78. The summed E-state index contributed by atoms with van der Waals surface area (Å²) in [5.74, 6) is 2.07. The van der Waals surface area contributed by atoms with Crippen LogP contribution >= 0.6 is 11.8 Å². The summed E-state index contributed by atoms with van der Waals surface area (Å²) in [5, 5.41) is 4.93. The van der Waals surface area contributed by atoms with Crippen LogP contribution in [0.5, 0.6) is 0 Å². The average molecular weight is 302 g/mol. The van der Waals surface area contributed by atoms with Crippen molar-refractivity contribution in [2.45, 2.75) is 51.5 Å². The molecule has 3 rings (SSSR count). The van der Waals surface area contributed by atoms with Crippen LogP contribution in [0.15, 0.2) is 29.3 Å². The first kappa shape index (κ1) is 15.0. The van der Waals surface area contributed by atoms with Crippen LogP contribution in [0.1, 0.15) is 43.7 Å². The van der Waals surface area contributed by atoms with E-state index < -0.39 is 0 Å². The standard InChI is InChI=1S/C18H26N2S/c1-14-6-5-10-18(12-14)13-21-17(20-18)19-11-9-16-8-4-3-7-15(16)2/h3-4,7-8,14H,5-6,9-13H2,1-2H3,(H,19,20). The topological polar surface area (TPSA) is 24.4 Å². The Morgan fingerprint density at radius 3 is 3.05 bits per heavy atom. The number of aryl methyl sites for hydroxylation is 1. The molecule has 21 heavy (non-hydrogen) atoms. The van der Waals surface area contributed by atoms with E-state index in [2.05, 4.69) is 43.4 Å². The summed E-state index contributed by atoms with van der Waals surface area (Å²) in [4.78, 5) is 4.80. The Hall–Kier alpha value is -0.960. The summed E-state index contributed by atoms with van der Waals surface area (Å²) < 4.78 is 0. The van der Waals surface area contributed by atoms with Gasteiger partial charge in [0.15, 0.2) is 5.17 Å². The number of amidine groups is 1. The first-order chi connectivity index (χ1) is 10.2. The summed E-state index contributed by atoms with van der Waals surface area (Å²) in [5.41, 5.74) is 3.15. The van der Waals surface area contributed by atoms with Crippen molar-refractivity contribution in [2.75, 3.05) is 12.3 Å². The molecule has 1 aliphatic heterocycles. The molecule has 1 spiro atoms. The van der Waals surface area contributed by atoms with Crippen molar-refractivity contribution in [1.82, 2.24) is 5.32 Å². The third-order valence-corrected chi connectivity index (χ3v) is 6.05. The molecule has 1 aromatic carbocycles. The van der Waals surface area contributed by atoms with Crippen LogP contribution in [0, 0.1) is 12.8 Å². The van der Waals surface area contributed by atoms with Crippen LogP contribution in [-0.2, 0) is 6.42 Å². The number of hydrogen-bond acceptors (Lipinski definition) is 2. The molecule has 1 saturated carbocycles. The van der Waals surface area contributed by atoms with Crippen molar-refractivity contribution < 1.29 is 0 Å². The van der Waals surface area contributed by atoms with Crippen LogP contribution in [0.25, 0.3) is 0 Å². The second-order valence-electron chi connectivity index (χ2n) is 6.76. The minimum atomic E-state index is 0.351. The van der Waals surface area contributed by atoms with Gasteiger partial charge in [0, 0.05) is 17.8 Å². The monoisotopic (exact) mass is 302 g/mol. The molecular weight excluding hydrogens is 276 g/mol. The van der Waals surface area contributed by atoms with Gasteiger partial charge in [0.25, 0.3) is 0 Å². The number of nitrogens with one attached hydrogen (secondary N) is 1. The van der Waals surface area contributed by atoms with Crippen molar-refractivity contribution in [3.05, 3.63) is 35.4 Å². The lowest BCUT2D eigenvalue weighted by Crippen LogP contribution is -2.47. The molecule has 1 heterocycles. The largest absolute Gasteiger partial charge is 0.359 e. The molecular formula is C18H26N2S. The lowest BCUT2D eigenvalue weighted by Gasteiger charge is -2.36. The second-order valence-corrected chi connectivity index (χ2v) is 7.72. The zero-order chi connectivity index (χ0) is 14.7.